The van der Waals surface area contributed by atoms with Crippen molar-refractivity contribution in [2.45, 2.75) is 0 Å². The molecule has 42 heavy (non-hydrogen) atoms. The van der Waals surface area contributed by atoms with Gasteiger partial charge in [-0.25, -0.2) is 0 Å². The Kier molecular flexibility index (Phi) is 4.99. The van der Waals surface area contributed by atoms with E-state index in [1.807, 2.05) is 6.07 Å². The Morgan fingerprint density at radius 1 is 0.548 bits per heavy atom. The van der Waals surface area contributed by atoms with E-state index in [1.54, 1.807) is 6.26 Å². The SMILES string of the molecule is c1ccc(-c2ccc(N3c4ccc(-c5ccccc5)cc4B4Oc5ccccc5-c5cc6ccoc6c3c54)cc2)cc1. The molecule has 2 aliphatic heterocycles. The standard InChI is InChI=1S/C38H24BNO2/c1-3-9-25(10-4-1)27-15-18-30(19-16-27)40-34-20-17-28(26-11-5-2-6-12-26)24-33(34)39-36-32(31-13-7-8-14-35(31)42-39)23-29-21-22-41-38(29)37(36)40/h1-24H. The maximum absolute atomic E-state index is 6.88. The molecule has 2 aliphatic rings. The molecule has 0 fully saturated rings. The number of para-hydroxylation sites is 1. The molecule has 7 aromatic rings. The summed E-state index contributed by atoms with van der Waals surface area (Å²) >= 11 is 0. The molecule has 0 saturated carbocycles. The molecule has 196 valence electrons. The van der Waals surface area contributed by atoms with Gasteiger partial charge >= 0.3 is 6.92 Å². The third-order valence-electron chi connectivity index (χ3n) is 8.55. The van der Waals surface area contributed by atoms with E-state index in [-0.39, 0.29) is 6.92 Å². The van der Waals surface area contributed by atoms with Gasteiger partial charge in [0.15, 0.2) is 5.58 Å². The summed E-state index contributed by atoms with van der Waals surface area (Å²) in [6.45, 7) is -0.266. The van der Waals surface area contributed by atoms with Crippen LogP contribution >= 0.6 is 0 Å². The topological polar surface area (TPSA) is 25.6 Å². The van der Waals surface area contributed by atoms with Crippen LogP contribution in [0.4, 0.5) is 17.1 Å². The molecule has 0 amide bonds. The van der Waals surface area contributed by atoms with E-state index in [0.717, 1.165) is 50.3 Å². The van der Waals surface area contributed by atoms with E-state index in [1.165, 1.54) is 27.8 Å². The molecule has 4 heteroatoms. The Morgan fingerprint density at radius 3 is 2.00 bits per heavy atom. The van der Waals surface area contributed by atoms with Gasteiger partial charge < -0.3 is 14.0 Å². The summed E-state index contributed by atoms with van der Waals surface area (Å²) in [4.78, 5) is 2.36. The minimum absolute atomic E-state index is 0.266. The Balaban J connectivity index is 1.32. The number of anilines is 3. The molecule has 0 bridgehead atoms. The van der Waals surface area contributed by atoms with Gasteiger partial charge in [-0.1, -0.05) is 103 Å². The summed E-state index contributed by atoms with van der Waals surface area (Å²) in [5, 5.41) is 1.08. The highest BCUT2D eigenvalue weighted by Gasteiger charge is 2.44. The largest absolute Gasteiger partial charge is 0.551 e. The van der Waals surface area contributed by atoms with Crippen molar-refractivity contribution in [1.82, 2.24) is 0 Å². The number of rotatable bonds is 3. The van der Waals surface area contributed by atoms with Crippen molar-refractivity contribution in [2.24, 2.45) is 0 Å². The van der Waals surface area contributed by atoms with Gasteiger partial charge in [0.25, 0.3) is 0 Å². The molecule has 0 aliphatic carbocycles. The van der Waals surface area contributed by atoms with Crippen molar-refractivity contribution in [1.29, 1.82) is 0 Å². The molecular weight excluding hydrogens is 513 g/mol. The van der Waals surface area contributed by atoms with Gasteiger partial charge in [0.1, 0.15) is 5.75 Å². The number of benzene rings is 6. The highest BCUT2D eigenvalue weighted by molar-refractivity contribution is 6.86. The Bertz CT molecular complexity index is 2120. The zero-order chi connectivity index (χ0) is 27.6. The second kappa shape index (κ2) is 9.02. The lowest BCUT2D eigenvalue weighted by Gasteiger charge is -2.39. The van der Waals surface area contributed by atoms with Crippen molar-refractivity contribution in [3.05, 3.63) is 146 Å². The fourth-order valence-electron chi connectivity index (χ4n) is 6.62. The predicted octanol–water partition coefficient (Wildman–Crippen LogP) is 8.72. The maximum atomic E-state index is 6.88. The normalized spacial score (nSPS) is 12.9. The van der Waals surface area contributed by atoms with Crippen molar-refractivity contribution >= 4 is 45.9 Å². The van der Waals surface area contributed by atoms with E-state index in [9.17, 15) is 0 Å². The van der Waals surface area contributed by atoms with Crippen molar-refractivity contribution in [3.63, 3.8) is 0 Å². The average molecular weight is 537 g/mol. The number of furan rings is 1. The number of hydrogen-bond donors (Lipinski definition) is 0. The van der Waals surface area contributed by atoms with Gasteiger partial charge in [0.05, 0.1) is 12.0 Å². The lowest BCUT2D eigenvalue weighted by Crippen LogP contribution is -2.56. The van der Waals surface area contributed by atoms with Gasteiger partial charge in [-0.2, -0.15) is 0 Å². The summed E-state index contributed by atoms with van der Waals surface area (Å²) < 4.78 is 13.1. The van der Waals surface area contributed by atoms with Gasteiger partial charge in [-0.05, 0) is 69.7 Å². The summed E-state index contributed by atoms with van der Waals surface area (Å²) in [5.41, 5.74) is 13.4. The molecule has 0 spiro atoms. The first-order valence-electron chi connectivity index (χ1n) is 14.3. The van der Waals surface area contributed by atoms with Crippen LogP contribution in [0.1, 0.15) is 0 Å². The third kappa shape index (κ3) is 3.42. The lowest BCUT2D eigenvalue weighted by atomic mass is 9.49. The van der Waals surface area contributed by atoms with Crippen LogP contribution in [0.15, 0.2) is 150 Å². The average Bonchev–Trinajstić information content (AvgIpc) is 3.54. The first kappa shape index (κ1) is 23.3. The summed E-state index contributed by atoms with van der Waals surface area (Å²) in [7, 11) is 0. The Labute approximate surface area is 244 Å². The van der Waals surface area contributed by atoms with Gasteiger partial charge in [-0.3, -0.25) is 0 Å². The molecule has 0 unspecified atom stereocenters. The summed E-state index contributed by atoms with van der Waals surface area (Å²) in [5.74, 6) is 0.903. The number of nitrogens with zero attached hydrogens (tertiary/aromatic N) is 1. The van der Waals surface area contributed by atoms with Crippen molar-refractivity contribution in [3.8, 4) is 39.1 Å². The van der Waals surface area contributed by atoms with E-state index in [2.05, 4.69) is 138 Å². The monoisotopic (exact) mass is 537 g/mol. The molecule has 0 radical (unpaired) electrons. The first-order valence-corrected chi connectivity index (χ1v) is 14.3. The van der Waals surface area contributed by atoms with Crippen LogP contribution < -0.4 is 20.5 Å². The number of fused-ring (bicyclic) bond motifs is 6. The Morgan fingerprint density at radius 2 is 1.21 bits per heavy atom. The fraction of sp³-hybridized carbons (Fsp3) is 0. The zero-order valence-electron chi connectivity index (χ0n) is 22.7. The van der Waals surface area contributed by atoms with Crippen molar-refractivity contribution in [2.75, 3.05) is 4.90 Å². The van der Waals surface area contributed by atoms with Crippen LogP contribution in [-0.4, -0.2) is 6.92 Å². The van der Waals surface area contributed by atoms with Gasteiger partial charge in [0.2, 0.25) is 0 Å². The molecule has 3 heterocycles. The maximum Gasteiger partial charge on any atom is 0.431 e. The quantitative estimate of drug-likeness (QED) is 0.211. The first-order chi connectivity index (χ1) is 20.8. The lowest BCUT2D eigenvalue weighted by molar-refractivity contribution is 0.589. The molecule has 6 aromatic carbocycles. The van der Waals surface area contributed by atoms with Crippen LogP contribution in [-0.2, 0) is 0 Å². The smallest absolute Gasteiger partial charge is 0.431 e. The van der Waals surface area contributed by atoms with E-state index < -0.39 is 0 Å². The summed E-state index contributed by atoms with van der Waals surface area (Å²) in [6.07, 6.45) is 1.79. The highest BCUT2D eigenvalue weighted by atomic mass is 16.4. The molecule has 0 atom stereocenters. The molecule has 0 N–H and O–H groups in total. The van der Waals surface area contributed by atoms with E-state index in [0.29, 0.717) is 0 Å². The zero-order valence-corrected chi connectivity index (χ0v) is 22.7. The van der Waals surface area contributed by atoms with E-state index in [4.69, 9.17) is 9.07 Å². The molecule has 1 aromatic heterocycles. The van der Waals surface area contributed by atoms with Crippen LogP contribution in [0.25, 0.3) is 44.3 Å². The van der Waals surface area contributed by atoms with Crippen molar-refractivity contribution < 1.29 is 9.07 Å². The molecule has 9 rings (SSSR count). The number of hydrogen-bond acceptors (Lipinski definition) is 3. The molecular formula is C38H24BNO2. The molecule has 0 saturated heterocycles. The predicted molar refractivity (Wildman–Crippen MR) is 173 cm³/mol. The Hall–Kier alpha value is -5.48. The molecule has 3 nitrogen and oxygen atoms in total. The highest BCUT2D eigenvalue weighted by Crippen LogP contribution is 2.46. The second-order valence-corrected chi connectivity index (χ2v) is 10.9. The van der Waals surface area contributed by atoms with E-state index >= 15 is 0 Å². The summed E-state index contributed by atoms with van der Waals surface area (Å²) in [6, 6.07) is 49.3. The fourth-order valence-corrected chi connectivity index (χ4v) is 6.62. The van der Waals surface area contributed by atoms with Gasteiger partial charge in [-0.15, -0.1) is 0 Å². The minimum Gasteiger partial charge on any atom is -0.551 e. The van der Waals surface area contributed by atoms with Crippen LogP contribution in [0.5, 0.6) is 5.75 Å². The third-order valence-corrected chi connectivity index (χ3v) is 8.55. The van der Waals surface area contributed by atoms with Crippen LogP contribution in [0.3, 0.4) is 0 Å². The van der Waals surface area contributed by atoms with Crippen LogP contribution in [0, 0.1) is 0 Å². The minimum atomic E-state index is -0.266. The van der Waals surface area contributed by atoms with Gasteiger partial charge in [0, 0.05) is 27.8 Å². The second-order valence-electron chi connectivity index (χ2n) is 10.9. The van der Waals surface area contributed by atoms with Crippen LogP contribution in [0.2, 0.25) is 0 Å².